The number of allylic oxidation sites excluding steroid dienone is 2. The maximum absolute atomic E-state index is 11.8. The van der Waals surface area contributed by atoms with Crippen molar-refractivity contribution in [3.63, 3.8) is 0 Å². The highest BCUT2D eigenvalue weighted by Crippen LogP contribution is 2.47. The molecule has 2 rings (SSSR count). The summed E-state index contributed by atoms with van der Waals surface area (Å²) in [5.41, 5.74) is 0. The monoisotopic (exact) mass is 220 g/mol. The van der Waals surface area contributed by atoms with Crippen molar-refractivity contribution in [3.8, 4) is 0 Å². The molecule has 0 unspecified atom stereocenters. The summed E-state index contributed by atoms with van der Waals surface area (Å²) in [4.78, 5) is 22.9. The van der Waals surface area contributed by atoms with E-state index < -0.39 is 17.8 Å². The third kappa shape index (κ3) is 1.64. The Morgan fingerprint density at radius 2 is 2.00 bits per heavy atom. The van der Waals surface area contributed by atoms with Crippen LogP contribution in [0.3, 0.4) is 0 Å². The number of carbonyl (C=O) groups excluding carboxylic acids is 2. The predicted molar refractivity (Wildman–Crippen MR) is 55.9 cm³/mol. The van der Waals surface area contributed by atoms with E-state index >= 15 is 0 Å². The minimum Gasteiger partial charge on any atom is -0.550 e. The second-order valence-corrected chi connectivity index (χ2v) is 4.35. The van der Waals surface area contributed by atoms with E-state index in [9.17, 15) is 14.7 Å². The molecule has 2 aliphatic rings. The summed E-state index contributed by atoms with van der Waals surface area (Å²) in [6.07, 6.45) is 6.17. The fourth-order valence-electron chi connectivity index (χ4n) is 2.79. The van der Waals surface area contributed by atoms with Gasteiger partial charge in [0.1, 0.15) is 0 Å². The third-order valence-corrected chi connectivity index (χ3v) is 3.45. The van der Waals surface area contributed by atoms with Gasteiger partial charge in [0.15, 0.2) is 0 Å². The first-order chi connectivity index (χ1) is 7.65. The summed E-state index contributed by atoms with van der Waals surface area (Å²) in [6.45, 7) is 3.88. The molecule has 0 aromatic heterocycles. The van der Waals surface area contributed by atoms with Crippen molar-refractivity contribution in [3.05, 3.63) is 24.8 Å². The molecule has 4 heteroatoms. The zero-order chi connectivity index (χ0) is 11.7. The van der Waals surface area contributed by atoms with Crippen molar-refractivity contribution < 1.29 is 14.7 Å². The predicted octanol–water partition coefficient (Wildman–Crippen LogP) is -0.523. The van der Waals surface area contributed by atoms with Crippen molar-refractivity contribution in [2.24, 2.45) is 23.7 Å². The molecule has 0 aromatic carbocycles. The lowest BCUT2D eigenvalue weighted by atomic mass is 9.82. The molecule has 4 nitrogen and oxygen atoms in total. The van der Waals surface area contributed by atoms with Gasteiger partial charge in [0.05, 0.1) is 5.92 Å². The minimum atomic E-state index is -1.12. The highest BCUT2D eigenvalue weighted by atomic mass is 16.4. The van der Waals surface area contributed by atoms with Gasteiger partial charge in [-0.25, -0.2) is 0 Å². The number of hydrogen-bond acceptors (Lipinski definition) is 3. The number of fused-ring (bicyclic) bond motifs is 2. The fourth-order valence-corrected chi connectivity index (χ4v) is 2.79. The Balaban J connectivity index is 2.13. The number of nitrogens with one attached hydrogen (secondary N) is 1. The van der Waals surface area contributed by atoms with Gasteiger partial charge in [0, 0.05) is 18.4 Å². The molecule has 16 heavy (non-hydrogen) atoms. The van der Waals surface area contributed by atoms with E-state index in [0.29, 0.717) is 6.54 Å². The lowest BCUT2D eigenvalue weighted by molar-refractivity contribution is -0.313. The zero-order valence-corrected chi connectivity index (χ0v) is 8.89. The van der Waals surface area contributed by atoms with Crippen LogP contribution in [0.15, 0.2) is 24.8 Å². The summed E-state index contributed by atoms with van der Waals surface area (Å²) in [5.74, 6) is -2.44. The van der Waals surface area contributed by atoms with Crippen molar-refractivity contribution in [1.29, 1.82) is 0 Å². The van der Waals surface area contributed by atoms with Gasteiger partial charge in [-0.05, 0) is 18.3 Å². The van der Waals surface area contributed by atoms with Gasteiger partial charge in [0.2, 0.25) is 5.91 Å². The van der Waals surface area contributed by atoms with Gasteiger partial charge in [0.25, 0.3) is 0 Å². The van der Waals surface area contributed by atoms with Crippen LogP contribution in [0.1, 0.15) is 6.42 Å². The second-order valence-electron chi connectivity index (χ2n) is 4.35. The average molecular weight is 220 g/mol. The molecule has 2 bridgehead atoms. The van der Waals surface area contributed by atoms with Crippen LogP contribution >= 0.6 is 0 Å². The molecule has 1 fully saturated rings. The summed E-state index contributed by atoms with van der Waals surface area (Å²) in [5, 5.41) is 13.7. The van der Waals surface area contributed by atoms with E-state index in [0.717, 1.165) is 6.42 Å². The van der Waals surface area contributed by atoms with E-state index in [1.165, 1.54) is 0 Å². The Morgan fingerprint density at radius 3 is 2.56 bits per heavy atom. The molecule has 4 atom stereocenters. The Morgan fingerprint density at radius 1 is 1.38 bits per heavy atom. The van der Waals surface area contributed by atoms with E-state index in [2.05, 4.69) is 11.9 Å². The van der Waals surface area contributed by atoms with Crippen LogP contribution < -0.4 is 10.4 Å². The SMILES string of the molecule is C=CCNC(=O)[C@H]1[C@H](C(=O)[O-])[C@@H]2C=C[C@H]1C2. The Hall–Kier alpha value is -1.58. The van der Waals surface area contributed by atoms with Crippen molar-refractivity contribution in [2.75, 3.05) is 6.54 Å². The Kier molecular flexibility index (Phi) is 2.81. The summed E-state index contributed by atoms with van der Waals surface area (Å²) < 4.78 is 0. The topological polar surface area (TPSA) is 69.2 Å². The zero-order valence-electron chi connectivity index (χ0n) is 8.89. The molecule has 0 aliphatic heterocycles. The minimum absolute atomic E-state index is 0.0329. The molecule has 1 amide bonds. The van der Waals surface area contributed by atoms with Crippen LogP contribution in [-0.4, -0.2) is 18.4 Å². The van der Waals surface area contributed by atoms with E-state index in [1.807, 2.05) is 12.2 Å². The van der Waals surface area contributed by atoms with Gasteiger partial charge in [-0.15, -0.1) is 6.58 Å². The molecular formula is C12H14NO3-. The molecule has 0 radical (unpaired) electrons. The number of carbonyl (C=O) groups is 2. The molecule has 2 aliphatic carbocycles. The molecule has 0 saturated heterocycles. The molecule has 0 aromatic rings. The normalized spacial score (nSPS) is 35.0. The van der Waals surface area contributed by atoms with Crippen LogP contribution in [0.2, 0.25) is 0 Å². The van der Waals surface area contributed by atoms with Crippen LogP contribution in [0.25, 0.3) is 0 Å². The van der Waals surface area contributed by atoms with E-state index in [1.54, 1.807) is 6.08 Å². The van der Waals surface area contributed by atoms with Gasteiger partial charge >= 0.3 is 0 Å². The lowest BCUT2D eigenvalue weighted by Crippen LogP contribution is -2.44. The summed E-state index contributed by atoms with van der Waals surface area (Å²) >= 11 is 0. The molecule has 1 N–H and O–H groups in total. The van der Waals surface area contributed by atoms with Gasteiger partial charge in [-0.2, -0.15) is 0 Å². The van der Waals surface area contributed by atoms with Crippen molar-refractivity contribution in [1.82, 2.24) is 5.32 Å². The first-order valence-electron chi connectivity index (χ1n) is 5.43. The summed E-state index contributed by atoms with van der Waals surface area (Å²) in [7, 11) is 0. The number of hydrogen-bond donors (Lipinski definition) is 1. The highest BCUT2D eigenvalue weighted by molar-refractivity contribution is 5.86. The molecule has 0 heterocycles. The van der Waals surface area contributed by atoms with E-state index in [4.69, 9.17) is 0 Å². The quantitative estimate of drug-likeness (QED) is 0.648. The molecule has 0 spiro atoms. The van der Waals surface area contributed by atoms with Crippen LogP contribution in [0.4, 0.5) is 0 Å². The number of carboxylic acid groups (broad SMARTS) is 1. The van der Waals surface area contributed by atoms with Crippen LogP contribution in [0.5, 0.6) is 0 Å². The Labute approximate surface area is 94.0 Å². The average Bonchev–Trinajstić information content (AvgIpc) is 2.84. The third-order valence-electron chi connectivity index (χ3n) is 3.45. The largest absolute Gasteiger partial charge is 0.550 e. The first-order valence-corrected chi connectivity index (χ1v) is 5.43. The summed E-state index contributed by atoms with van der Waals surface area (Å²) in [6, 6.07) is 0. The van der Waals surface area contributed by atoms with Gasteiger partial charge < -0.3 is 15.2 Å². The maximum atomic E-state index is 11.8. The number of amides is 1. The molecular weight excluding hydrogens is 206 g/mol. The maximum Gasteiger partial charge on any atom is 0.224 e. The highest BCUT2D eigenvalue weighted by Gasteiger charge is 2.48. The van der Waals surface area contributed by atoms with Crippen molar-refractivity contribution >= 4 is 11.9 Å². The second kappa shape index (κ2) is 4.12. The lowest BCUT2D eigenvalue weighted by Gasteiger charge is -2.27. The van der Waals surface area contributed by atoms with Gasteiger partial charge in [-0.3, -0.25) is 4.79 Å². The van der Waals surface area contributed by atoms with Crippen molar-refractivity contribution in [2.45, 2.75) is 6.42 Å². The standard InChI is InChI=1S/C12H15NO3/c1-2-5-13-11(14)9-7-3-4-8(6-7)10(9)12(15)16/h2-4,7-10H,1,5-6H2,(H,13,14)(H,15,16)/p-1/t7-,8+,9+,10+/m0/s1. The van der Waals surface area contributed by atoms with Gasteiger partial charge in [-0.1, -0.05) is 18.2 Å². The fraction of sp³-hybridized carbons (Fsp3) is 0.500. The van der Waals surface area contributed by atoms with E-state index in [-0.39, 0.29) is 17.7 Å². The number of rotatable bonds is 4. The number of aliphatic carboxylic acids is 1. The van der Waals surface area contributed by atoms with Crippen LogP contribution in [0, 0.1) is 23.7 Å². The Bertz CT molecular complexity index is 361. The smallest absolute Gasteiger partial charge is 0.224 e. The van der Waals surface area contributed by atoms with Crippen LogP contribution in [-0.2, 0) is 9.59 Å². The molecule has 86 valence electrons. The molecule has 1 saturated carbocycles. The first kappa shape index (κ1) is 10.9. The number of carboxylic acids is 1.